The molecule has 1 fully saturated rings. The van der Waals surface area contributed by atoms with E-state index in [1.54, 1.807) is 11.2 Å². The van der Waals surface area contributed by atoms with Gasteiger partial charge in [-0.25, -0.2) is 8.42 Å². The Morgan fingerprint density at radius 2 is 2.16 bits per heavy atom. The summed E-state index contributed by atoms with van der Waals surface area (Å²) in [7, 11) is -3.56. The van der Waals surface area contributed by atoms with Crippen LogP contribution >= 0.6 is 11.6 Å². The second kappa shape index (κ2) is 5.42. The Labute approximate surface area is 119 Å². The van der Waals surface area contributed by atoms with Gasteiger partial charge in [0.15, 0.2) is 5.03 Å². The van der Waals surface area contributed by atoms with Crippen LogP contribution in [0.25, 0.3) is 0 Å². The quantitative estimate of drug-likeness (QED) is 0.871. The summed E-state index contributed by atoms with van der Waals surface area (Å²) >= 11 is 5.85. The van der Waals surface area contributed by atoms with Gasteiger partial charge in [0.1, 0.15) is 0 Å². The lowest BCUT2D eigenvalue weighted by Gasteiger charge is -2.36. The molecule has 0 amide bonds. The lowest BCUT2D eigenvalue weighted by molar-refractivity contribution is 0.202. The minimum absolute atomic E-state index is 0.000989. The number of aromatic amines is 1. The molecule has 1 N–H and O–H groups in total. The molecule has 2 atom stereocenters. The summed E-state index contributed by atoms with van der Waals surface area (Å²) in [6, 6.07) is -0.000989. The fourth-order valence-corrected chi connectivity index (χ4v) is 4.89. The third-order valence-corrected chi connectivity index (χ3v) is 6.26. The van der Waals surface area contributed by atoms with Gasteiger partial charge in [-0.1, -0.05) is 6.92 Å². The zero-order chi connectivity index (χ0) is 14.2. The van der Waals surface area contributed by atoms with Crippen LogP contribution in [-0.4, -0.2) is 35.5 Å². The average molecular weight is 306 g/mol. The molecule has 0 radical (unpaired) electrons. The molecule has 0 saturated carbocycles. The minimum atomic E-state index is -3.56. The molecular weight excluding hydrogens is 286 g/mol. The van der Waals surface area contributed by atoms with Gasteiger partial charge in [-0.05, 0) is 32.6 Å². The molecule has 0 bridgehead atoms. The highest BCUT2D eigenvalue weighted by Gasteiger charge is 2.37. The number of aromatic nitrogens is 2. The predicted molar refractivity (Wildman–Crippen MR) is 74.6 cm³/mol. The van der Waals surface area contributed by atoms with Crippen molar-refractivity contribution in [2.45, 2.75) is 50.6 Å². The monoisotopic (exact) mass is 305 g/mol. The first-order valence-electron chi connectivity index (χ1n) is 6.51. The molecule has 0 aliphatic carbocycles. The number of piperidine rings is 1. The molecule has 1 aliphatic rings. The molecule has 1 aromatic heterocycles. The zero-order valence-electron chi connectivity index (χ0n) is 11.5. The van der Waals surface area contributed by atoms with Crippen molar-refractivity contribution >= 4 is 21.6 Å². The van der Waals surface area contributed by atoms with Crippen molar-refractivity contribution in [3.63, 3.8) is 0 Å². The van der Waals surface area contributed by atoms with Crippen molar-refractivity contribution in [1.82, 2.24) is 14.5 Å². The van der Waals surface area contributed by atoms with E-state index in [-0.39, 0.29) is 16.9 Å². The maximum Gasteiger partial charge on any atom is 0.262 e. The van der Waals surface area contributed by atoms with E-state index >= 15 is 0 Å². The first-order valence-corrected chi connectivity index (χ1v) is 8.48. The molecule has 1 aliphatic heterocycles. The van der Waals surface area contributed by atoms with Crippen LogP contribution in [0.15, 0.2) is 5.03 Å². The van der Waals surface area contributed by atoms with E-state index in [4.69, 9.17) is 11.6 Å². The van der Waals surface area contributed by atoms with E-state index in [1.807, 2.05) is 6.92 Å². The third-order valence-electron chi connectivity index (χ3n) is 4.04. The van der Waals surface area contributed by atoms with Crippen LogP contribution in [0.1, 0.15) is 37.9 Å². The summed E-state index contributed by atoms with van der Waals surface area (Å²) in [5.74, 6) is 0.511. The van der Waals surface area contributed by atoms with Crippen LogP contribution < -0.4 is 0 Å². The van der Waals surface area contributed by atoms with E-state index in [2.05, 4.69) is 17.1 Å². The molecule has 0 aromatic carbocycles. The van der Waals surface area contributed by atoms with Crippen LogP contribution in [0.5, 0.6) is 0 Å². The van der Waals surface area contributed by atoms with Gasteiger partial charge >= 0.3 is 0 Å². The Morgan fingerprint density at radius 3 is 2.79 bits per heavy atom. The largest absolute Gasteiger partial charge is 0.281 e. The lowest BCUT2D eigenvalue weighted by atomic mass is 9.94. The number of sulfonamides is 1. The summed E-state index contributed by atoms with van der Waals surface area (Å²) < 4.78 is 27.0. The maximum absolute atomic E-state index is 12.7. The van der Waals surface area contributed by atoms with Crippen molar-refractivity contribution in [2.24, 2.45) is 5.92 Å². The molecule has 2 rings (SSSR count). The number of nitrogens with one attached hydrogen (secondary N) is 1. The lowest BCUT2D eigenvalue weighted by Crippen LogP contribution is -2.46. The van der Waals surface area contributed by atoms with Crippen molar-refractivity contribution in [2.75, 3.05) is 6.54 Å². The fraction of sp³-hybridized carbons (Fsp3) is 0.750. The third kappa shape index (κ3) is 2.53. The number of aryl methyl sites for hydroxylation is 1. The smallest absolute Gasteiger partial charge is 0.262 e. The number of H-pyrrole nitrogens is 1. The number of hydrogen-bond acceptors (Lipinski definition) is 3. The van der Waals surface area contributed by atoms with Gasteiger partial charge in [-0.2, -0.15) is 9.40 Å². The Bertz CT molecular complexity index is 555. The number of nitrogens with zero attached hydrogens (tertiary/aromatic N) is 2. The Balaban J connectivity index is 2.41. The topological polar surface area (TPSA) is 66.1 Å². The van der Waals surface area contributed by atoms with Crippen LogP contribution in [-0.2, 0) is 15.9 Å². The summed E-state index contributed by atoms with van der Waals surface area (Å²) in [4.78, 5) is 0. The molecule has 7 heteroatoms. The highest BCUT2D eigenvalue weighted by Crippen LogP contribution is 2.30. The van der Waals surface area contributed by atoms with Gasteiger partial charge in [0.05, 0.1) is 5.88 Å². The van der Waals surface area contributed by atoms with E-state index in [9.17, 15) is 8.42 Å². The number of alkyl halides is 1. The Kier molecular flexibility index (Phi) is 4.23. The Hall–Kier alpha value is -0.590. The summed E-state index contributed by atoms with van der Waals surface area (Å²) in [5.41, 5.74) is 1.29. The van der Waals surface area contributed by atoms with Crippen LogP contribution in [0.2, 0.25) is 0 Å². The van der Waals surface area contributed by atoms with Gasteiger partial charge in [-0.3, -0.25) is 5.10 Å². The van der Waals surface area contributed by atoms with Crippen molar-refractivity contribution in [3.05, 3.63) is 11.3 Å². The number of halogens is 1. The van der Waals surface area contributed by atoms with Crippen LogP contribution in [0, 0.1) is 12.8 Å². The number of rotatable bonds is 3. The van der Waals surface area contributed by atoms with Crippen molar-refractivity contribution < 1.29 is 8.42 Å². The summed E-state index contributed by atoms with van der Waals surface area (Å²) in [6.07, 6.45) is 1.96. The highest BCUT2D eigenvalue weighted by atomic mass is 35.5. The normalized spacial score (nSPS) is 25.7. The van der Waals surface area contributed by atoms with Gasteiger partial charge in [0.25, 0.3) is 10.0 Å². The molecule has 19 heavy (non-hydrogen) atoms. The molecule has 0 spiro atoms. The molecule has 1 saturated heterocycles. The van der Waals surface area contributed by atoms with E-state index < -0.39 is 10.0 Å². The van der Waals surface area contributed by atoms with Gasteiger partial charge in [0.2, 0.25) is 0 Å². The molecule has 1 aromatic rings. The average Bonchev–Trinajstić information content (AvgIpc) is 2.74. The van der Waals surface area contributed by atoms with Crippen molar-refractivity contribution in [3.8, 4) is 0 Å². The van der Waals surface area contributed by atoms with E-state index in [1.165, 1.54) is 0 Å². The Morgan fingerprint density at radius 1 is 1.47 bits per heavy atom. The fourth-order valence-electron chi connectivity index (χ4n) is 2.55. The van der Waals surface area contributed by atoms with Crippen LogP contribution in [0.4, 0.5) is 0 Å². The second-order valence-electron chi connectivity index (χ2n) is 5.24. The van der Waals surface area contributed by atoms with Gasteiger partial charge in [-0.15, -0.1) is 11.6 Å². The van der Waals surface area contributed by atoms with Gasteiger partial charge in [0, 0.05) is 23.8 Å². The molecule has 5 nitrogen and oxygen atoms in total. The predicted octanol–water partition coefficient (Wildman–Crippen LogP) is 2.27. The standard InChI is InChI=1S/C12H20ClN3O2S/c1-8-5-4-6-16(10(8)3)19(17,18)12-11(7-13)9(2)14-15-12/h8,10H,4-7H2,1-3H3,(H,14,15). The first-order chi connectivity index (χ1) is 8.89. The maximum atomic E-state index is 12.7. The summed E-state index contributed by atoms with van der Waals surface area (Å²) in [5, 5.41) is 6.76. The molecule has 2 heterocycles. The minimum Gasteiger partial charge on any atom is -0.281 e. The SMILES string of the molecule is Cc1[nH]nc(S(=O)(=O)N2CCCC(C)C2C)c1CCl. The molecular formula is C12H20ClN3O2S. The van der Waals surface area contributed by atoms with Crippen LogP contribution in [0.3, 0.4) is 0 Å². The number of hydrogen-bond donors (Lipinski definition) is 1. The first kappa shape index (κ1) is 14.8. The molecule has 108 valence electrons. The van der Waals surface area contributed by atoms with Crippen molar-refractivity contribution in [1.29, 1.82) is 0 Å². The molecule has 2 unspecified atom stereocenters. The summed E-state index contributed by atoms with van der Waals surface area (Å²) in [6.45, 7) is 6.39. The highest BCUT2D eigenvalue weighted by molar-refractivity contribution is 7.89. The van der Waals surface area contributed by atoms with E-state index in [0.29, 0.717) is 23.7 Å². The zero-order valence-corrected chi connectivity index (χ0v) is 13.1. The van der Waals surface area contributed by atoms with E-state index in [0.717, 1.165) is 12.8 Å². The second-order valence-corrected chi connectivity index (χ2v) is 7.31. The van der Waals surface area contributed by atoms with Gasteiger partial charge < -0.3 is 0 Å².